The van der Waals surface area contributed by atoms with Crippen molar-refractivity contribution < 1.29 is 14.3 Å². The van der Waals surface area contributed by atoms with Gasteiger partial charge in [-0.25, -0.2) is 0 Å². The number of allylic oxidation sites excluding steroid dienone is 1. The van der Waals surface area contributed by atoms with E-state index >= 15 is 0 Å². The fourth-order valence-corrected chi connectivity index (χ4v) is 4.25. The first-order chi connectivity index (χ1) is 13.2. The SMILES string of the molecule is O=C1Cc2c(ccc3ccccc23)C1C(=O)OCC1=CCc2ccccc21. The molecule has 3 nitrogen and oxygen atoms in total. The molecule has 0 aliphatic heterocycles. The lowest BCUT2D eigenvalue weighted by Crippen LogP contribution is -2.21. The molecule has 1 unspecified atom stereocenters. The maximum Gasteiger partial charge on any atom is 0.321 e. The topological polar surface area (TPSA) is 43.4 Å². The second-order valence-electron chi connectivity index (χ2n) is 7.13. The molecule has 3 aromatic rings. The summed E-state index contributed by atoms with van der Waals surface area (Å²) < 4.78 is 5.58. The molecule has 0 fully saturated rings. The Hall–Kier alpha value is -3.20. The van der Waals surface area contributed by atoms with Crippen LogP contribution in [0.2, 0.25) is 0 Å². The van der Waals surface area contributed by atoms with Crippen molar-refractivity contribution in [3.8, 4) is 0 Å². The predicted molar refractivity (Wildman–Crippen MR) is 104 cm³/mol. The van der Waals surface area contributed by atoms with Gasteiger partial charge in [0.15, 0.2) is 5.78 Å². The third kappa shape index (κ3) is 2.58. The maximum absolute atomic E-state index is 12.8. The van der Waals surface area contributed by atoms with Gasteiger partial charge in [-0.15, -0.1) is 0 Å². The van der Waals surface area contributed by atoms with Gasteiger partial charge in [-0.3, -0.25) is 9.59 Å². The zero-order valence-corrected chi connectivity index (χ0v) is 14.8. The minimum atomic E-state index is -0.804. The van der Waals surface area contributed by atoms with Gasteiger partial charge in [0.05, 0.1) is 0 Å². The fraction of sp³-hybridized carbons (Fsp3) is 0.167. The Morgan fingerprint density at radius 1 is 1.00 bits per heavy atom. The molecule has 1 atom stereocenters. The smallest absolute Gasteiger partial charge is 0.321 e. The van der Waals surface area contributed by atoms with Crippen molar-refractivity contribution in [3.05, 3.63) is 89.0 Å². The van der Waals surface area contributed by atoms with Gasteiger partial charge in [0.1, 0.15) is 12.5 Å². The molecule has 0 saturated heterocycles. The number of esters is 1. The number of hydrogen-bond donors (Lipinski definition) is 0. The van der Waals surface area contributed by atoms with Gasteiger partial charge in [0, 0.05) is 6.42 Å². The minimum absolute atomic E-state index is 0.0767. The number of fused-ring (bicyclic) bond motifs is 4. The quantitative estimate of drug-likeness (QED) is 0.522. The van der Waals surface area contributed by atoms with Gasteiger partial charge in [-0.1, -0.05) is 66.7 Å². The molecule has 2 aliphatic carbocycles. The normalized spacial score (nSPS) is 17.6. The number of rotatable bonds is 3. The second-order valence-corrected chi connectivity index (χ2v) is 7.13. The van der Waals surface area contributed by atoms with E-state index in [-0.39, 0.29) is 12.4 Å². The van der Waals surface area contributed by atoms with Gasteiger partial charge >= 0.3 is 5.97 Å². The highest BCUT2D eigenvalue weighted by Crippen LogP contribution is 2.36. The van der Waals surface area contributed by atoms with Crippen molar-refractivity contribution >= 4 is 28.1 Å². The molecular formula is C24H18O3. The van der Waals surface area contributed by atoms with E-state index in [1.165, 1.54) is 5.56 Å². The van der Waals surface area contributed by atoms with Gasteiger partial charge in [0.25, 0.3) is 0 Å². The van der Waals surface area contributed by atoms with Gasteiger partial charge < -0.3 is 4.74 Å². The number of ether oxygens (including phenoxy) is 1. The Kier molecular flexibility index (Phi) is 3.68. The summed E-state index contributed by atoms with van der Waals surface area (Å²) in [6, 6.07) is 20.0. The molecule has 0 aromatic heterocycles. The summed E-state index contributed by atoms with van der Waals surface area (Å²) in [6.45, 7) is 0.211. The largest absolute Gasteiger partial charge is 0.460 e. The number of carbonyl (C=O) groups excluding carboxylic acids is 2. The van der Waals surface area contributed by atoms with Crippen LogP contribution in [-0.2, 0) is 27.2 Å². The Morgan fingerprint density at radius 3 is 2.74 bits per heavy atom. The van der Waals surface area contributed by atoms with Crippen LogP contribution < -0.4 is 0 Å². The lowest BCUT2D eigenvalue weighted by Gasteiger charge is -2.12. The number of benzene rings is 3. The molecule has 0 spiro atoms. The maximum atomic E-state index is 12.8. The molecule has 132 valence electrons. The van der Waals surface area contributed by atoms with E-state index in [1.54, 1.807) is 0 Å². The summed E-state index contributed by atoms with van der Waals surface area (Å²) in [7, 11) is 0. The predicted octanol–water partition coefficient (Wildman–Crippen LogP) is 4.23. The van der Waals surface area contributed by atoms with E-state index in [2.05, 4.69) is 12.1 Å². The molecule has 0 N–H and O–H groups in total. The van der Waals surface area contributed by atoms with Crippen LogP contribution in [0.25, 0.3) is 16.3 Å². The van der Waals surface area contributed by atoms with Crippen LogP contribution in [0.1, 0.15) is 28.2 Å². The van der Waals surface area contributed by atoms with Crippen LogP contribution in [0, 0.1) is 0 Å². The van der Waals surface area contributed by atoms with Crippen molar-refractivity contribution in [1.82, 2.24) is 0 Å². The first kappa shape index (κ1) is 16.0. The molecule has 0 amide bonds. The third-order valence-corrected chi connectivity index (χ3v) is 5.60. The van der Waals surface area contributed by atoms with Crippen LogP contribution in [-0.4, -0.2) is 18.4 Å². The molecule has 27 heavy (non-hydrogen) atoms. The van der Waals surface area contributed by atoms with Gasteiger partial charge in [0.2, 0.25) is 0 Å². The van der Waals surface area contributed by atoms with Crippen molar-refractivity contribution in [1.29, 1.82) is 0 Å². The molecule has 3 heteroatoms. The van der Waals surface area contributed by atoms with E-state index in [0.717, 1.165) is 39.5 Å². The average Bonchev–Trinajstić information content (AvgIpc) is 3.26. The number of hydrogen-bond acceptors (Lipinski definition) is 3. The number of Topliss-reactive ketones (excluding diaryl/α,β-unsaturated/α-hetero) is 1. The van der Waals surface area contributed by atoms with Crippen LogP contribution >= 0.6 is 0 Å². The van der Waals surface area contributed by atoms with Crippen molar-refractivity contribution in [3.63, 3.8) is 0 Å². The Morgan fingerprint density at radius 2 is 1.81 bits per heavy atom. The lowest BCUT2D eigenvalue weighted by molar-refractivity contribution is -0.146. The van der Waals surface area contributed by atoms with Crippen molar-refractivity contribution in [2.24, 2.45) is 0 Å². The standard InChI is InChI=1S/C24H18O3/c25-22-13-21-19-8-4-2-6-16(19)11-12-20(21)23(22)24(26)27-14-17-10-9-15-5-1-3-7-18(15)17/h1-8,10-12,23H,9,13-14H2. The fourth-order valence-electron chi connectivity index (χ4n) is 4.25. The van der Waals surface area contributed by atoms with E-state index in [4.69, 9.17) is 4.74 Å². The van der Waals surface area contributed by atoms with E-state index < -0.39 is 11.9 Å². The van der Waals surface area contributed by atoms with E-state index in [9.17, 15) is 9.59 Å². The molecule has 0 heterocycles. The molecule has 0 bridgehead atoms. The molecule has 0 saturated carbocycles. The van der Waals surface area contributed by atoms with Crippen LogP contribution in [0.3, 0.4) is 0 Å². The molecule has 5 rings (SSSR count). The summed E-state index contributed by atoms with van der Waals surface area (Å²) in [5.41, 5.74) is 5.16. The summed E-state index contributed by atoms with van der Waals surface area (Å²) in [5.74, 6) is -1.33. The number of carbonyl (C=O) groups is 2. The Labute approximate surface area is 157 Å². The summed E-state index contributed by atoms with van der Waals surface area (Å²) in [4.78, 5) is 25.3. The van der Waals surface area contributed by atoms with E-state index in [0.29, 0.717) is 6.42 Å². The van der Waals surface area contributed by atoms with Crippen molar-refractivity contribution in [2.45, 2.75) is 18.8 Å². The van der Waals surface area contributed by atoms with Crippen LogP contribution in [0.15, 0.2) is 66.7 Å². The molecule has 2 aliphatic rings. The summed E-state index contributed by atoms with van der Waals surface area (Å²) in [5, 5.41) is 2.14. The Balaban J connectivity index is 1.39. The first-order valence-corrected chi connectivity index (χ1v) is 9.19. The van der Waals surface area contributed by atoms with Crippen LogP contribution in [0.5, 0.6) is 0 Å². The first-order valence-electron chi connectivity index (χ1n) is 9.19. The zero-order chi connectivity index (χ0) is 18.4. The minimum Gasteiger partial charge on any atom is -0.460 e. The zero-order valence-electron chi connectivity index (χ0n) is 14.8. The van der Waals surface area contributed by atoms with E-state index in [1.807, 2.05) is 54.6 Å². The van der Waals surface area contributed by atoms with Gasteiger partial charge in [-0.05, 0) is 45.0 Å². The van der Waals surface area contributed by atoms with Crippen molar-refractivity contribution in [2.75, 3.05) is 6.61 Å². The number of ketones is 1. The highest BCUT2D eigenvalue weighted by molar-refractivity contribution is 6.11. The molecule has 3 aromatic carbocycles. The summed E-state index contributed by atoms with van der Waals surface area (Å²) in [6.07, 6.45) is 3.25. The highest BCUT2D eigenvalue weighted by Gasteiger charge is 2.38. The lowest BCUT2D eigenvalue weighted by atomic mass is 9.97. The molecular weight excluding hydrogens is 336 g/mol. The van der Waals surface area contributed by atoms with Gasteiger partial charge in [-0.2, -0.15) is 0 Å². The monoisotopic (exact) mass is 354 g/mol. The Bertz CT molecular complexity index is 1120. The summed E-state index contributed by atoms with van der Waals surface area (Å²) >= 11 is 0. The highest BCUT2D eigenvalue weighted by atomic mass is 16.5. The van der Waals surface area contributed by atoms with Crippen LogP contribution in [0.4, 0.5) is 0 Å². The second kappa shape index (κ2) is 6.20. The average molecular weight is 354 g/mol. The molecule has 0 radical (unpaired) electrons. The third-order valence-electron chi connectivity index (χ3n) is 5.60.